The van der Waals surface area contributed by atoms with E-state index in [4.69, 9.17) is 16.9 Å². The normalized spacial score (nSPS) is 21.5. The van der Waals surface area contributed by atoms with Crippen molar-refractivity contribution in [2.45, 2.75) is 12.8 Å². The average molecular weight is 176 g/mol. The van der Waals surface area contributed by atoms with E-state index in [2.05, 4.69) is 5.92 Å². The lowest BCUT2D eigenvalue weighted by molar-refractivity contribution is 0.0449. The van der Waals surface area contributed by atoms with Crippen LogP contribution in [-0.2, 0) is 4.74 Å². The van der Waals surface area contributed by atoms with Crippen LogP contribution in [0.25, 0.3) is 0 Å². The van der Waals surface area contributed by atoms with Gasteiger partial charge in [0.15, 0.2) is 0 Å². The van der Waals surface area contributed by atoms with Crippen molar-refractivity contribution in [1.82, 2.24) is 0 Å². The van der Waals surface area contributed by atoms with Gasteiger partial charge in [0.2, 0.25) is 0 Å². The number of halogens is 1. The first-order chi connectivity index (χ1) is 4.83. The SMILES string of the molecule is C#CC1(CN)CCOCC1.Cl. The minimum atomic E-state index is -0.0573. The Labute approximate surface area is 73.9 Å². The van der Waals surface area contributed by atoms with Crippen molar-refractivity contribution in [3.8, 4) is 12.3 Å². The number of terminal acetylenes is 1. The lowest BCUT2D eigenvalue weighted by Gasteiger charge is -2.30. The standard InChI is InChI=1S/C8H13NO.ClH/c1-2-8(7-9)3-5-10-6-4-8;/h1H,3-7,9H2;1H. The fourth-order valence-electron chi connectivity index (χ4n) is 1.17. The quantitative estimate of drug-likeness (QED) is 0.599. The van der Waals surface area contributed by atoms with Crippen molar-refractivity contribution in [3.05, 3.63) is 0 Å². The summed E-state index contributed by atoms with van der Waals surface area (Å²) in [6.45, 7) is 2.12. The van der Waals surface area contributed by atoms with Crippen LogP contribution in [0, 0.1) is 17.8 Å². The number of hydrogen-bond acceptors (Lipinski definition) is 2. The van der Waals surface area contributed by atoms with Gasteiger partial charge < -0.3 is 10.5 Å². The van der Waals surface area contributed by atoms with Crippen LogP contribution in [0.2, 0.25) is 0 Å². The molecule has 11 heavy (non-hydrogen) atoms. The molecule has 0 aliphatic carbocycles. The van der Waals surface area contributed by atoms with Crippen molar-refractivity contribution in [3.63, 3.8) is 0 Å². The molecule has 0 bridgehead atoms. The molecule has 2 N–H and O–H groups in total. The molecule has 1 rings (SSSR count). The van der Waals surface area contributed by atoms with Crippen LogP contribution in [0.15, 0.2) is 0 Å². The Bertz CT molecular complexity index is 147. The molecular formula is C8H14ClNO. The van der Waals surface area contributed by atoms with Gasteiger partial charge in [0.1, 0.15) is 0 Å². The molecule has 1 fully saturated rings. The lowest BCUT2D eigenvalue weighted by Crippen LogP contribution is -2.35. The van der Waals surface area contributed by atoms with E-state index in [1.807, 2.05) is 0 Å². The van der Waals surface area contributed by atoms with Gasteiger partial charge in [0.25, 0.3) is 0 Å². The summed E-state index contributed by atoms with van der Waals surface area (Å²) in [7, 11) is 0. The Morgan fingerprint density at radius 3 is 2.27 bits per heavy atom. The Balaban J connectivity index is 0.000001000. The smallest absolute Gasteiger partial charge is 0.0481 e. The van der Waals surface area contributed by atoms with Crippen LogP contribution < -0.4 is 5.73 Å². The predicted molar refractivity (Wildman–Crippen MR) is 47.6 cm³/mol. The van der Waals surface area contributed by atoms with Gasteiger partial charge in [-0.3, -0.25) is 0 Å². The van der Waals surface area contributed by atoms with Crippen LogP contribution in [0.4, 0.5) is 0 Å². The molecule has 0 spiro atoms. The lowest BCUT2D eigenvalue weighted by atomic mass is 9.81. The molecule has 1 aliphatic rings. The maximum atomic E-state index is 5.55. The van der Waals surface area contributed by atoms with Crippen molar-refractivity contribution in [1.29, 1.82) is 0 Å². The van der Waals surface area contributed by atoms with Crippen LogP contribution in [0.3, 0.4) is 0 Å². The minimum absolute atomic E-state index is 0. The van der Waals surface area contributed by atoms with E-state index in [0.29, 0.717) is 6.54 Å². The average Bonchev–Trinajstić information content (AvgIpc) is 2.06. The van der Waals surface area contributed by atoms with Crippen LogP contribution in [0.5, 0.6) is 0 Å². The molecule has 1 aliphatic heterocycles. The molecule has 0 radical (unpaired) electrons. The molecule has 0 aromatic heterocycles. The van der Waals surface area contributed by atoms with Gasteiger partial charge in [-0.25, -0.2) is 0 Å². The molecule has 0 unspecified atom stereocenters. The second-order valence-corrected chi connectivity index (χ2v) is 2.74. The molecule has 2 nitrogen and oxygen atoms in total. The fraction of sp³-hybridized carbons (Fsp3) is 0.750. The molecular weight excluding hydrogens is 162 g/mol. The van der Waals surface area contributed by atoms with Gasteiger partial charge in [0.05, 0.1) is 0 Å². The Morgan fingerprint density at radius 2 is 2.00 bits per heavy atom. The largest absolute Gasteiger partial charge is 0.381 e. The Kier molecular flexibility index (Phi) is 4.51. The highest BCUT2D eigenvalue weighted by Gasteiger charge is 2.28. The number of hydrogen-bond donors (Lipinski definition) is 1. The van der Waals surface area contributed by atoms with E-state index in [0.717, 1.165) is 26.1 Å². The number of ether oxygens (including phenoxy) is 1. The molecule has 0 atom stereocenters. The third-order valence-corrected chi connectivity index (χ3v) is 2.15. The monoisotopic (exact) mass is 175 g/mol. The van der Waals surface area contributed by atoms with Crippen molar-refractivity contribution in [2.75, 3.05) is 19.8 Å². The van der Waals surface area contributed by atoms with E-state index in [-0.39, 0.29) is 17.8 Å². The third-order valence-electron chi connectivity index (χ3n) is 2.15. The molecule has 64 valence electrons. The van der Waals surface area contributed by atoms with Gasteiger partial charge in [0, 0.05) is 25.2 Å². The minimum Gasteiger partial charge on any atom is -0.381 e. The summed E-state index contributed by atoms with van der Waals surface area (Å²) < 4.78 is 5.18. The van der Waals surface area contributed by atoms with E-state index in [1.54, 1.807) is 0 Å². The van der Waals surface area contributed by atoms with Crippen LogP contribution in [-0.4, -0.2) is 19.8 Å². The highest BCUT2D eigenvalue weighted by Crippen LogP contribution is 2.27. The van der Waals surface area contributed by atoms with Crippen LogP contribution >= 0.6 is 12.4 Å². The zero-order valence-corrected chi connectivity index (χ0v) is 7.32. The van der Waals surface area contributed by atoms with E-state index in [9.17, 15) is 0 Å². The van der Waals surface area contributed by atoms with Gasteiger partial charge >= 0.3 is 0 Å². The first kappa shape index (κ1) is 10.8. The zero-order chi connectivity index (χ0) is 7.45. The highest BCUT2D eigenvalue weighted by molar-refractivity contribution is 5.85. The summed E-state index contributed by atoms with van der Waals surface area (Å²) in [5, 5.41) is 0. The van der Waals surface area contributed by atoms with Gasteiger partial charge in [-0.2, -0.15) is 0 Å². The molecule has 3 heteroatoms. The summed E-state index contributed by atoms with van der Waals surface area (Å²) in [6, 6.07) is 0. The third kappa shape index (κ3) is 2.37. The second kappa shape index (κ2) is 4.61. The molecule has 0 amide bonds. The van der Waals surface area contributed by atoms with E-state index in [1.165, 1.54) is 0 Å². The van der Waals surface area contributed by atoms with Crippen molar-refractivity contribution in [2.24, 2.45) is 11.1 Å². The molecule has 0 aromatic rings. The summed E-state index contributed by atoms with van der Waals surface area (Å²) in [4.78, 5) is 0. The second-order valence-electron chi connectivity index (χ2n) is 2.74. The Hall–Kier alpha value is -0.230. The maximum Gasteiger partial charge on any atom is 0.0481 e. The summed E-state index contributed by atoms with van der Waals surface area (Å²) in [5.74, 6) is 2.76. The van der Waals surface area contributed by atoms with Crippen molar-refractivity contribution < 1.29 is 4.74 Å². The molecule has 0 saturated carbocycles. The topological polar surface area (TPSA) is 35.2 Å². The first-order valence-electron chi connectivity index (χ1n) is 3.58. The number of nitrogens with two attached hydrogens (primary N) is 1. The summed E-state index contributed by atoms with van der Waals surface area (Å²) in [6.07, 6.45) is 7.20. The number of rotatable bonds is 1. The first-order valence-corrected chi connectivity index (χ1v) is 3.58. The summed E-state index contributed by atoms with van der Waals surface area (Å²) in [5.41, 5.74) is 5.49. The molecule has 1 saturated heterocycles. The molecule has 1 heterocycles. The van der Waals surface area contributed by atoms with Gasteiger partial charge in [-0.15, -0.1) is 18.8 Å². The maximum absolute atomic E-state index is 5.55. The summed E-state index contributed by atoms with van der Waals surface area (Å²) >= 11 is 0. The molecule has 0 aromatic carbocycles. The zero-order valence-electron chi connectivity index (χ0n) is 6.51. The Morgan fingerprint density at radius 1 is 1.45 bits per heavy atom. The van der Waals surface area contributed by atoms with Gasteiger partial charge in [-0.05, 0) is 12.8 Å². The predicted octanol–water partition coefficient (Wildman–Crippen LogP) is 0.797. The van der Waals surface area contributed by atoms with E-state index >= 15 is 0 Å². The highest BCUT2D eigenvalue weighted by atomic mass is 35.5. The van der Waals surface area contributed by atoms with Gasteiger partial charge in [-0.1, -0.05) is 5.92 Å². The van der Waals surface area contributed by atoms with Crippen LogP contribution in [0.1, 0.15) is 12.8 Å². The van der Waals surface area contributed by atoms with E-state index < -0.39 is 0 Å². The van der Waals surface area contributed by atoms with Crippen molar-refractivity contribution >= 4 is 12.4 Å². The fourth-order valence-corrected chi connectivity index (χ4v) is 1.17.